The predicted octanol–water partition coefficient (Wildman–Crippen LogP) is 0.863. The second-order valence-electron chi connectivity index (χ2n) is 2.27. The molecule has 1 saturated heterocycles. The van der Waals surface area contributed by atoms with Crippen molar-refractivity contribution in [2.75, 3.05) is 20.1 Å². The summed E-state index contributed by atoms with van der Waals surface area (Å²) in [5.74, 6) is 0. The van der Waals surface area contributed by atoms with Crippen LogP contribution in [0.15, 0.2) is 0 Å². The van der Waals surface area contributed by atoms with Crippen molar-refractivity contribution >= 4 is 15.0 Å². The van der Waals surface area contributed by atoms with E-state index in [1.54, 1.807) is 0 Å². The van der Waals surface area contributed by atoms with E-state index in [9.17, 15) is 0 Å². The molecule has 0 aromatic heterocycles. The van der Waals surface area contributed by atoms with Gasteiger partial charge in [0.05, 0.1) is 0 Å². The topological polar surface area (TPSA) is 3.24 Å². The van der Waals surface area contributed by atoms with Gasteiger partial charge in [0, 0.05) is 0 Å². The van der Waals surface area contributed by atoms with Gasteiger partial charge in [0.15, 0.2) is 0 Å². The van der Waals surface area contributed by atoms with Crippen molar-refractivity contribution in [3.63, 3.8) is 0 Å². The van der Waals surface area contributed by atoms with Gasteiger partial charge in [0.2, 0.25) is 0 Å². The van der Waals surface area contributed by atoms with Crippen LogP contribution in [0.3, 0.4) is 0 Å². The van der Waals surface area contributed by atoms with Crippen LogP contribution in [0.2, 0.25) is 10.6 Å². The van der Waals surface area contributed by atoms with Crippen molar-refractivity contribution < 1.29 is 0 Å². The van der Waals surface area contributed by atoms with Gasteiger partial charge in [-0.05, 0) is 0 Å². The average Bonchev–Trinajstić information content (AvgIpc) is 1.94. The van der Waals surface area contributed by atoms with E-state index in [-0.39, 0.29) is 0 Å². The van der Waals surface area contributed by atoms with Gasteiger partial charge < -0.3 is 0 Å². The third-order valence-corrected chi connectivity index (χ3v) is 3.65. The molecule has 0 N–H and O–H groups in total. The Bertz CT molecular complexity index is 57.5. The quantitative estimate of drug-likeness (QED) is 0.497. The summed E-state index contributed by atoms with van der Waals surface area (Å²) in [5.41, 5.74) is 0. The monoisotopic (exact) mass is 179 g/mol. The zero-order valence-electron chi connectivity index (χ0n) is 5.39. The Hall–Kier alpha value is 0.479. The van der Waals surface area contributed by atoms with Crippen LogP contribution in [-0.2, 0) is 0 Å². The van der Waals surface area contributed by atoms with Crippen molar-refractivity contribution in [1.29, 1.82) is 0 Å². The molecule has 1 aliphatic rings. The molecule has 0 atom stereocenters. The van der Waals surface area contributed by atoms with Crippen molar-refractivity contribution in [3.05, 3.63) is 0 Å². The molecule has 0 aromatic rings. The predicted molar refractivity (Wildman–Crippen MR) is 37.5 cm³/mol. The van der Waals surface area contributed by atoms with Crippen molar-refractivity contribution in [2.45, 2.75) is 17.1 Å². The third-order valence-electron chi connectivity index (χ3n) is 1.45. The molecule has 0 spiro atoms. The summed E-state index contributed by atoms with van der Waals surface area (Å²) in [5, 5.41) is 2.99. The van der Waals surface area contributed by atoms with Gasteiger partial charge >= 0.3 is 57.1 Å². The molecule has 2 heteroatoms. The first-order valence-corrected chi connectivity index (χ1v) is 5.58. The third kappa shape index (κ3) is 2.16. The summed E-state index contributed by atoms with van der Waals surface area (Å²) in [6, 6.07) is 0. The molecule has 0 amide bonds. The molecule has 0 aliphatic carbocycles. The second kappa shape index (κ2) is 3.49. The molecule has 1 heterocycles. The van der Waals surface area contributed by atoms with Gasteiger partial charge in [-0.1, -0.05) is 0 Å². The molecular weight excluding hydrogens is 165 g/mol. The Kier molecular flexibility index (Phi) is 2.88. The van der Waals surface area contributed by atoms with E-state index in [4.69, 9.17) is 0 Å². The van der Waals surface area contributed by atoms with Crippen LogP contribution in [0, 0.1) is 0 Å². The van der Waals surface area contributed by atoms with Gasteiger partial charge in [0.25, 0.3) is 0 Å². The summed E-state index contributed by atoms with van der Waals surface area (Å²) >= 11 is 0.977. The van der Waals surface area contributed by atoms with Gasteiger partial charge in [-0.15, -0.1) is 0 Å². The molecule has 1 rings (SSSR count). The first-order chi connectivity index (χ1) is 3.89. The van der Waals surface area contributed by atoms with Crippen LogP contribution in [0.4, 0.5) is 0 Å². The number of hydrogen-bond donors (Lipinski definition) is 0. The minimum atomic E-state index is 0.977. The fourth-order valence-electron chi connectivity index (χ4n) is 0.871. The average molecular weight is 178 g/mol. The van der Waals surface area contributed by atoms with Gasteiger partial charge in [-0.3, -0.25) is 0 Å². The second-order valence-corrected chi connectivity index (χ2v) is 4.84. The molecular formula is C6H13NSe. The van der Waals surface area contributed by atoms with E-state index in [0.717, 1.165) is 15.0 Å². The molecule has 1 aliphatic heterocycles. The van der Waals surface area contributed by atoms with Crippen molar-refractivity contribution in [2.24, 2.45) is 0 Å². The first kappa shape index (κ1) is 6.60. The Balaban J connectivity index is 2.17. The van der Waals surface area contributed by atoms with Gasteiger partial charge in [-0.2, -0.15) is 0 Å². The fraction of sp³-hybridized carbons (Fsp3) is 1.00. The van der Waals surface area contributed by atoms with E-state index in [0.29, 0.717) is 0 Å². The SMILES string of the molecule is CN1CCC[Se]CC1. The summed E-state index contributed by atoms with van der Waals surface area (Å²) in [6.45, 7) is 2.68. The summed E-state index contributed by atoms with van der Waals surface area (Å²) in [7, 11) is 2.22. The molecule has 1 fully saturated rings. The first-order valence-electron chi connectivity index (χ1n) is 3.16. The maximum absolute atomic E-state index is 2.44. The standard InChI is InChI=1S/C6H13NSe/c1-7-3-2-5-8-6-4-7/h2-6H2,1H3. The van der Waals surface area contributed by atoms with E-state index in [1.807, 2.05) is 0 Å². The van der Waals surface area contributed by atoms with Crippen molar-refractivity contribution in [3.8, 4) is 0 Å². The van der Waals surface area contributed by atoms with E-state index >= 15 is 0 Å². The molecule has 1 nitrogen and oxygen atoms in total. The Morgan fingerprint density at radius 2 is 2.12 bits per heavy atom. The van der Waals surface area contributed by atoms with Crippen LogP contribution in [0.5, 0.6) is 0 Å². The molecule has 0 aromatic carbocycles. The van der Waals surface area contributed by atoms with Crippen LogP contribution in [0.25, 0.3) is 0 Å². The molecule has 8 heavy (non-hydrogen) atoms. The fourth-order valence-corrected chi connectivity index (χ4v) is 2.92. The zero-order chi connectivity index (χ0) is 5.82. The van der Waals surface area contributed by atoms with E-state index in [1.165, 1.54) is 30.1 Å². The van der Waals surface area contributed by atoms with E-state index < -0.39 is 0 Å². The van der Waals surface area contributed by atoms with Crippen LogP contribution < -0.4 is 0 Å². The zero-order valence-corrected chi connectivity index (χ0v) is 7.10. The van der Waals surface area contributed by atoms with Crippen LogP contribution in [0.1, 0.15) is 6.42 Å². The summed E-state index contributed by atoms with van der Waals surface area (Å²) < 4.78 is 0. The molecule has 0 unspecified atom stereocenters. The van der Waals surface area contributed by atoms with Crippen LogP contribution >= 0.6 is 0 Å². The number of nitrogens with zero attached hydrogens (tertiary/aromatic N) is 1. The summed E-state index contributed by atoms with van der Waals surface area (Å²) in [6.07, 6.45) is 1.44. The summed E-state index contributed by atoms with van der Waals surface area (Å²) in [4.78, 5) is 2.44. The van der Waals surface area contributed by atoms with Gasteiger partial charge in [0.1, 0.15) is 0 Å². The Morgan fingerprint density at radius 1 is 1.25 bits per heavy atom. The normalized spacial score (nSPS) is 25.1. The Morgan fingerprint density at radius 3 is 3.00 bits per heavy atom. The number of hydrogen-bond acceptors (Lipinski definition) is 1. The molecule has 0 radical (unpaired) electrons. The van der Waals surface area contributed by atoms with Gasteiger partial charge in [-0.25, -0.2) is 0 Å². The van der Waals surface area contributed by atoms with Crippen molar-refractivity contribution in [1.82, 2.24) is 4.90 Å². The minimum absolute atomic E-state index is 0.977. The maximum atomic E-state index is 2.44. The molecule has 0 bridgehead atoms. The molecule has 0 saturated carbocycles. The van der Waals surface area contributed by atoms with E-state index in [2.05, 4.69) is 11.9 Å². The van der Waals surface area contributed by atoms with Crippen LogP contribution in [-0.4, -0.2) is 40.0 Å². The number of rotatable bonds is 0. The molecule has 48 valence electrons. The Labute approximate surface area is 57.6 Å².